The van der Waals surface area contributed by atoms with E-state index in [0.717, 1.165) is 18.6 Å². The van der Waals surface area contributed by atoms with Crippen LogP contribution in [0, 0.1) is 0 Å². The van der Waals surface area contributed by atoms with Gasteiger partial charge in [0.15, 0.2) is 5.11 Å². The molecule has 2 amide bonds. The van der Waals surface area contributed by atoms with E-state index in [9.17, 15) is 9.59 Å². The van der Waals surface area contributed by atoms with Gasteiger partial charge in [-0.1, -0.05) is 31.5 Å². The molecule has 182 valence electrons. The number of nitrogens with one attached hydrogen (secondary N) is 3. The molecule has 3 N–H and O–H groups in total. The van der Waals surface area contributed by atoms with Gasteiger partial charge in [0.05, 0.1) is 0 Å². The highest BCUT2D eigenvalue weighted by molar-refractivity contribution is 7.80. The van der Waals surface area contributed by atoms with Crippen molar-refractivity contribution in [1.29, 1.82) is 0 Å². The van der Waals surface area contributed by atoms with Crippen LogP contribution in [-0.2, 0) is 0 Å². The summed E-state index contributed by atoms with van der Waals surface area (Å²) in [6.07, 6.45) is 1.97. The maximum absolute atomic E-state index is 12.5. The fourth-order valence-electron chi connectivity index (χ4n) is 3.06. The molecule has 0 saturated heterocycles. The first-order valence-corrected chi connectivity index (χ1v) is 11.9. The summed E-state index contributed by atoms with van der Waals surface area (Å²) in [5.74, 6) is 0.972. The lowest BCUT2D eigenvalue weighted by atomic mass is 10.2. The summed E-state index contributed by atoms with van der Waals surface area (Å²) in [6.45, 7) is 3.52. The van der Waals surface area contributed by atoms with Crippen molar-refractivity contribution < 1.29 is 19.1 Å². The lowest BCUT2D eigenvalue weighted by Gasteiger charge is -2.11. The minimum absolute atomic E-state index is 0.114. The largest absolute Gasteiger partial charge is 0.490 e. The van der Waals surface area contributed by atoms with Crippen molar-refractivity contribution in [3.8, 4) is 11.5 Å². The van der Waals surface area contributed by atoms with E-state index in [1.165, 1.54) is 0 Å². The molecule has 3 rings (SSSR count). The molecule has 0 fully saturated rings. The van der Waals surface area contributed by atoms with Gasteiger partial charge in [0.2, 0.25) is 0 Å². The molecule has 3 aromatic carbocycles. The molecule has 7 nitrogen and oxygen atoms in total. The van der Waals surface area contributed by atoms with Gasteiger partial charge in [0, 0.05) is 23.4 Å². The van der Waals surface area contributed by atoms with E-state index in [1.54, 1.807) is 48.5 Å². The second-order valence-corrected chi connectivity index (χ2v) is 8.04. The quantitative estimate of drug-likeness (QED) is 0.264. The third-order valence-corrected chi connectivity index (χ3v) is 5.13. The van der Waals surface area contributed by atoms with E-state index >= 15 is 0 Å². The zero-order chi connectivity index (χ0) is 24.9. The molecular weight excluding hydrogens is 462 g/mol. The second-order valence-electron chi connectivity index (χ2n) is 7.63. The van der Waals surface area contributed by atoms with Gasteiger partial charge in [0.25, 0.3) is 11.8 Å². The number of hydrogen-bond donors (Lipinski definition) is 3. The molecule has 0 saturated carbocycles. The van der Waals surface area contributed by atoms with Crippen molar-refractivity contribution in [2.45, 2.75) is 19.8 Å². The number of carbonyl (C=O) groups is 2. The van der Waals surface area contributed by atoms with Crippen LogP contribution in [0.3, 0.4) is 0 Å². The number of hydrogen-bond acceptors (Lipinski definition) is 5. The summed E-state index contributed by atoms with van der Waals surface area (Å²) >= 11 is 5.24. The molecule has 35 heavy (non-hydrogen) atoms. The zero-order valence-corrected chi connectivity index (χ0v) is 20.4. The van der Waals surface area contributed by atoms with Crippen molar-refractivity contribution in [2.75, 3.05) is 25.1 Å². The number of carbonyl (C=O) groups excluding carboxylic acids is 2. The van der Waals surface area contributed by atoms with Gasteiger partial charge in [-0.25, -0.2) is 0 Å². The Kier molecular flexibility index (Phi) is 10.1. The van der Waals surface area contributed by atoms with Crippen LogP contribution in [-0.4, -0.2) is 36.7 Å². The third kappa shape index (κ3) is 8.75. The lowest BCUT2D eigenvalue weighted by molar-refractivity contribution is 0.0950. The van der Waals surface area contributed by atoms with E-state index in [4.69, 9.17) is 21.7 Å². The molecule has 0 heterocycles. The van der Waals surface area contributed by atoms with Crippen LogP contribution in [0.5, 0.6) is 11.5 Å². The number of benzene rings is 3. The van der Waals surface area contributed by atoms with Crippen molar-refractivity contribution in [1.82, 2.24) is 10.6 Å². The molecule has 0 aromatic heterocycles. The minimum atomic E-state index is -0.339. The molecule has 0 atom stereocenters. The number of para-hydroxylation sites is 1. The first-order valence-electron chi connectivity index (χ1n) is 11.5. The maximum Gasteiger partial charge on any atom is 0.257 e. The summed E-state index contributed by atoms with van der Waals surface area (Å²) in [5.41, 5.74) is 1.68. The standard InChI is InChI=1S/C27H29N3O4S/c1-2-3-17-28-25(31)20-9-13-22(14-10-20)29-27(35)30-26(32)21-11-15-24(16-12-21)34-19-18-33-23-7-5-4-6-8-23/h4-16H,2-3,17-19H2,1H3,(H,28,31)(H2,29,30,32,35). The Morgan fingerprint density at radius 3 is 1.97 bits per heavy atom. The van der Waals surface area contributed by atoms with Crippen LogP contribution in [0.25, 0.3) is 0 Å². The highest BCUT2D eigenvalue weighted by atomic mass is 32.1. The Morgan fingerprint density at radius 1 is 0.771 bits per heavy atom. The van der Waals surface area contributed by atoms with Crippen LogP contribution >= 0.6 is 12.2 Å². The van der Waals surface area contributed by atoms with Gasteiger partial charge in [-0.3, -0.25) is 14.9 Å². The number of anilines is 1. The summed E-state index contributed by atoms with van der Waals surface area (Å²) in [5, 5.41) is 8.63. The molecule has 0 bridgehead atoms. The van der Waals surface area contributed by atoms with Gasteiger partial charge < -0.3 is 20.1 Å². The molecule has 0 unspecified atom stereocenters. The third-order valence-electron chi connectivity index (χ3n) is 4.93. The van der Waals surface area contributed by atoms with Gasteiger partial charge in [0.1, 0.15) is 24.7 Å². The number of ether oxygens (including phenoxy) is 2. The first-order chi connectivity index (χ1) is 17.0. The predicted octanol–water partition coefficient (Wildman–Crippen LogP) is 4.80. The Bertz CT molecular complexity index is 1100. The average Bonchev–Trinajstić information content (AvgIpc) is 2.88. The summed E-state index contributed by atoms with van der Waals surface area (Å²) in [4.78, 5) is 24.6. The highest BCUT2D eigenvalue weighted by Gasteiger charge is 2.09. The van der Waals surface area contributed by atoms with Crippen molar-refractivity contribution in [2.24, 2.45) is 0 Å². The SMILES string of the molecule is CCCCNC(=O)c1ccc(NC(=S)NC(=O)c2ccc(OCCOc3ccccc3)cc2)cc1. The van der Waals surface area contributed by atoms with E-state index in [-0.39, 0.29) is 16.9 Å². The van der Waals surface area contributed by atoms with Gasteiger partial charge in [-0.15, -0.1) is 0 Å². The monoisotopic (exact) mass is 491 g/mol. The normalized spacial score (nSPS) is 10.2. The Balaban J connectivity index is 1.41. The Labute approximate surface area is 210 Å². The maximum atomic E-state index is 12.5. The van der Waals surface area contributed by atoms with Crippen LogP contribution in [0.4, 0.5) is 5.69 Å². The Morgan fingerprint density at radius 2 is 1.34 bits per heavy atom. The summed E-state index contributed by atoms with van der Waals surface area (Å²) in [7, 11) is 0. The molecule has 3 aromatic rings. The Hall–Kier alpha value is -3.91. The predicted molar refractivity (Wildman–Crippen MR) is 141 cm³/mol. The van der Waals surface area contributed by atoms with E-state index in [0.29, 0.717) is 42.3 Å². The molecule has 0 spiro atoms. The van der Waals surface area contributed by atoms with E-state index in [1.807, 2.05) is 30.3 Å². The van der Waals surface area contributed by atoms with Crippen molar-refractivity contribution in [3.05, 3.63) is 90.0 Å². The summed E-state index contributed by atoms with van der Waals surface area (Å²) < 4.78 is 11.2. The molecule has 0 radical (unpaired) electrons. The molecule has 8 heteroatoms. The molecular formula is C27H29N3O4S. The molecule has 0 aliphatic carbocycles. The lowest BCUT2D eigenvalue weighted by Crippen LogP contribution is -2.34. The fraction of sp³-hybridized carbons (Fsp3) is 0.222. The molecule has 0 aliphatic heterocycles. The topological polar surface area (TPSA) is 88.7 Å². The molecule has 0 aliphatic rings. The van der Waals surface area contributed by atoms with Crippen LogP contribution in [0.2, 0.25) is 0 Å². The number of rotatable bonds is 11. The minimum Gasteiger partial charge on any atom is -0.490 e. The highest BCUT2D eigenvalue weighted by Crippen LogP contribution is 2.14. The summed E-state index contributed by atoms with van der Waals surface area (Å²) in [6, 6.07) is 23.2. The smallest absolute Gasteiger partial charge is 0.257 e. The van der Waals surface area contributed by atoms with E-state index < -0.39 is 0 Å². The zero-order valence-electron chi connectivity index (χ0n) is 19.6. The van der Waals surface area contributed by atoms with Gasteiger partial charge in [-0.05, 0) is 79.3 Å². The number of thiocarbonyl (C=S) groups is 1. The first kappa shape index (κ1) is 25.7. The van der Waals surface area contributed by atoms with Crippen molar-refractivity contribution >= 4 is 34.8 Å². The number of amides is 2. The van der Waals surface area contributed by atoms with Crippen LogP contribution in [0.15, 0.2) is 78.9 Å². The fourth-order valence-corrected chi connectivity index (χ4v) is 3.27. The van der Waals surface area contributed by atoms with Crippen LogP contribution < -0.4 is 25.4 Å². The average molecular weight is 492 g/mol. The van der Waals surface area contributed by atoms with Gasteiger partial charge >= 0.3 is 0 Å². The van der Waals surface area contributed by atoms with E-state index in [2.05, 4.69) is 22.9 Å². The van der Waals surface area contributed by atoms with Gasteiger partial charge in [-0.2, -0.15) is 0 Å². The number of unbranched alkanes of at least 4 members (excludes halogenated alkanes) is 1. The van der Waals surface area contributed by atoms with Crippen LogP contribution in [0.1, 0.15) is 40.5 Å². The second kappa shape index (κ2) is 13.7. The van der Waals surface area contributed by atoms with Crippen molar-refractivity contribution in [3.63, 3.8) is 0 Å².